The molecule has 0 aromatic heterocycles. The van der Waals surface area contributed by atoms with E-state index in [1.807, 2.05) is 25.1 Å². The van der Waals surface area contributed by atoms with Gasteiger partial charge in [0, 0.05) is 12.1 Å². The fourth-order valence-corrected chi connectivity index (χ4v) is 1.96. The summed E-state index contributed by atoms with van der Waals surface area (Å²) in [5.41, 5.74) is 8.52. The normalized spacial score (nSPS) is 10.3. The second-order valence-electron chi connectivity index (χ2n) is 4.73. The molecule has 4 heteroatoms. The summed E-state index contributed by atoms with van der Waals surface area (Å²) in [5.74, 6) is -0.652. The van der Waals surface area contributed by atoms with Crippen LogP contribution in [0.25, 0.3) is 0 Å². The molecule has 0 aliphatic rings. The second kappa shape index (κ2) is 6.19. The second-order valence-corrected chi connectivity index (χ2v) is 4.73. The summed E-state index contributed by atoms with van der Waals surface area (Å²) < 4.78 is 13.5. The molecule has 0 unspecified atom stereocenters. The molecule has 3 nitrogen and oxygen atoms in total. The van der Waals surface area contributed by atoms with Crippen LogP contribution in [0.4, 0.5) is 15.8 Å². The van der Waals surface area contributed by atoms with Crippen LogP contribution in [0.3, 0.4) is 0 Å². The van der Waals surface area contributed by atoms with Crippen LogP contribution in [0, 0.1) is 12.7 Å². The highest BCUT2D eigenvalue weighted by molar-refractivity contribution is 5.91. The molecule has 0 heterocycles. The molecule has 0 aliphatic carbocycles. The van der Waals surface area contributed by atoms with Crippen molar-refractivity contribution in [2.45, 2.75) is 19.8 Å². The maximum atomic E-state index is 13.5. The molecule has 2 aromatic rings. The Labute approximate surface area is 117 Å². The number of nitrogens with one attached hydrogen (secondary N) is 1. The molecule has 0 fully saturated rings. The lowest BCUT2D eigenvalue weighted by Crippen LogP contribution is -2.14. The molecule has 2 aromatic carbocycles. The highest BCUT2D eigenvalue weighted by atomic mass is 19.1. The van der Waals surface area contributed by atoms with E-state index in [9.17, 15) is 9.18 Å². The van der Waals surface area contributed by atoms with Gasteiger partial charge >= 0.3 is 0 Å². The molecule has 0 saturated carbocycles. The minimum atomic E-state index is -0.428. The van der Waals surface area contributed by atoms with E-state index in [0.29, 0.717) is 12.1 Å². The van der Waals surface area contributed by atoms with Crippen molar-refractivity contribution < 1.29 is 9.18 Å². The molecule has 1 amide bonds. The predicted octanol–water partition coefficient (Wildman–Crippen LogP) is 3.29. The van der Waals surface area contributed by atoms with Crippen LogP contribution < -0.4 is 11.1 Å². The molecule has 104 valence electrons. The maximum Gasteiger partial charge on any atom is 0.224 e. The van der Waals surface area contributed by atoms with Crippen LogP contribution in [0.15, 0.2) is 42.5 Å². The number of aryl methyl sites for hydroxylation is 2. The summed E-state index contributed by atoms with van der Waals surface area (Å²) in [6, 6.07) is 12.0. The van der Waals surface area contributed by atoms with E-state index in [0.717, 1.165) is 11.1 Å². The highest BCUT2D eigenvalue weighted by Gasteiger charge is 2.08. The highest BCUT2D eigenvalue weighted by Crippen LogP contribution is 2.17. The number of hydrogen-bond donors (Lipinski definition) is 2. The Morgan fingerprint density at radius 1 is 1.25 bits per heavy atom. The average Bonchev–Trinajstić information content (AvgIpc) is 2.42. The van der Waals surface area contributed by atoms with Crippen LogP contribution in [-0.4, -0.2) is 5.91 Å². The Balaban J connectivity index is 1.96. The van der Waals surface area contributed by atoms with Crippen molar-refractivity contribution >= 4 is 17.3 Å². The molecule has 0 saturated heterocycles. The number of amides is 1. The van der Waals surface area contributed by atoms with Crippen molar-refractivity contribution in [2.75, 3.05) is 11.1 Å². The first-order valence-corrected chi connectivity index (χ1v) is 6.45. The van der Waals surface area contributed by atoms with Gasteiger partial charge in [0.2, 0.25) is 5.91 Å². The van der Waals surface area contributed by atoms with E-state index in [4.69, 9.17) is 5.73 Å². The van der Waals surface area contributed by atoms with Gasteiger partial charge in [-0.25, -0.2) is 4.39 Å². The lowest BCUT2D eigenvalue weighted by atomic mass is 10.1. The Morgan fingerprint density at radius 3 is 2.75 bits per heavy atom. The zero-order chi connectivity index (χ0) is 14.5. The maximum absolute atomic E-state index is 13.5. The number of anilines is 2. The number of benzene rings is 2. The van der Waals surface area contributed by atoms with Gasteiger partial charge < -0.3 is 11.1 Å². The molecule has 0 spiro atoms. The predicted molar refractivity (Wildman–Crippen MR) is 78.9 cm³/mol. The van der Waals surface area contributed by atoms with Gasteiger partial charge in [0.1, 0.15) is 5.82 Å². The fraction of sp³-hybridized carbons (Fsp3) is 0.188. The summed E-state index contributed by atoms with van der Waals surface area (Å²) in [6.45, 7) is 1.85. The van der Waals surface area contributed by atoms with Crippen molar-refractivity contribution in [1.29, 1.82) is 0 Å². The van der Waals surface area contributed by atoms with E-state index in [-0.39, 0.29) is 18.0 Å². The third kappa shape index (κ3) is 3.57. The standard InChI is InChI=1S/C16H17FN2O/c1-11-6-8-13(17)15(10-11)19-16(20)9-7-12-4-2-3-5-14(12)18/h2-6,8,10H,7,9,18H2,1H3,(H,19,20). The van der Waals surface area contributed by atoms with E-state index < -0.39 is 5.82 Å². The molecule has 20 heavy (non-hydrogen) atoms. The lowest BCUT2D eigenvalue weighted by molar-refractivity contribution is -0.116. The number of carbonyl (C=O) groups is 1. The molecule has 0 atom stereocenters. The molecule has 0 bridgehead atoms. The van der Waals surface area contributed by atoms with Crippen molar-refractivity contribution in [1.82, 2.24) is 0 Å². The number of nitrogen functional groups attached to an aromatic ring is 1. The Kier molecular flexibility index (Phi) is 4.35. The van der Waals surface area contributed by atoms with Gasteiger partial charge in [-0.15, -0.1) is 0 Å². The van der Waals surface area contributed by atoms with E-state index in [1.165, 1.54) is 6.07 Å². The largest absolute Gasteiger partial charge is 0.399 e. The summed E-state index contributed by atoms with van der Waals surface area (Å²) in [6.07, 6.45) is 0.799. The molecule has 0 radical (unpaired) electrons. The molecule has 3 N–H and O–H groups in total. The van der Waals surface area contributed by atoms with Crippen molar-refractivity contribution in [2.24, 2.45) is 0 Å². The van der Waals surface area contributed by atoms with Gasteiger partial charge in [-0.05, 0) is 42.7 Å². The summed E-state index contributed by atoms with van der Waals surface area (Å²) in [4.78, 5) is 11.8. The minimum Gasteiger partial charge on any atom is -0.399 e. The lowest BCUT2D eigenvalue weighted by Gasteiger charge is -2.08. The number of carbonyl (C=O) groups excluding carboxylic acids is 1. The average molecular weight is 272 g/mol. The number of rotatable bonds is 4. The summed E-state index contributed by atoms with van der Waals surface area (Å²) in [5, 5.41) is 2.59. The third-order valence-corrected chi connectivity index (χ3v) is 3.07. The minimum absolute atomic E-state index is 0.219. The van der Waals surface area contributed by atoms with Crippen LogP contribution in [-0.2, 0) is 11.2 Å². The SMILES string of the molecule is Cc1ccc(F)c(NC(=O)CCc2ccccc2N)c1. The quantitative estimate of drug-likeness (QED) is 0.839. The van der Waals surface area contributed by atoms with Gasteiger partial charge in [-0.1, -0.05) is 24.3 Å². The first-order valence-electron chi connectivity index (χ1n) is 6.45. The van der Waals surface area contributed by atoms with Gasteiger partial charge in [0.25, 0.3) is 0 Å². The molecule has 2 rings (SSSR count). The van der Waals surface area contributed by atoms with Gasteiger partial charge in [-0.2, -0.15) is 0 Å². The zero-order valence-electron chi connectivity index (χ0n) is 11.3. The van der Waals surface area contributed by atoms with E-state index >= 15 is 0 Å². The van der Waals surface area contributed by atoms with Crippen LogP contribution >= 0.6 is 0 Å². The Bertz CT molecular complexity index is 626. The summed E-state index contributed by atoms with van der Waals surface area (Å²) >= 11 is 0. The van der Waals surface area contributed by atoms with Gasteiger partial charge in [0.05, 0.1) is 5.69 Å². The number of para-hydroxylation sites is 1. The Hall–Kier alpha value is -2.36. The van der Waals surface area contributed by atoms with Crippen molar-refractivity contribution in [3.05, 3.63) is 59.4 Å². The number of halogens is 1. The molecule has 0 aliphatic heterocycles. The van der Waals surface area contributed by atoms with Crippen molar-refractivity contribution in [3.63, 3.8) is 0 Å². The monoisotopic (exact) mass is 272 g/mol. The van der Waals surface area contributed by atoms with E-state index in [1.54, 1.807) is 18.2 Å². The van der Waals surface area contributed by atoms with Crippen molar-refractivity contribution in [3.8, 4) is 0 Å². The number of nitrogens with two attached hydrogens (primary N) is 1. The summed E-state index contributed by atoms with van der Waals surface area (Å²) in [7, 11) is 0. The topological polar surface area (TPSA) is 55.1 Å². The smallest absolute Gasteiger partial charge is 0.224 e. The van der Waals surface area contributed by atoms with Crippen LogP contribution in [0.1, 0.15) is 17.5 Å². The van der Waals surface area contributed by atoms with E-state index in [2.05, 4.69) is 5.32 Å². The van der Waals surface area contributed by atoms with Gasteiger partial charge in [0.15, 0.2) is 0 Å². The first-order chi connectivity index (χ1) is 9.56. The fourth-order valence-electron chi connectivity index (χ4n) is 1.96. The number of hydrogen-bond acceptors (Lipinski definition) is 2. The first kappa shape index (κ1) is 14.1. The van der Waals surface area contributed by atoms with Crippen LogP contribution in [0.2, 0.25) is 0 Å². The Morgan fingerprint density at radius 2 is 2.00 bits per heavy atom. The zero-order valence-corrected chi connectivity index (χ0v) is 11.3. The van der Waals surface area contributed by atoms with Gasteiger partial charge in [-0.3, -0.25) is 4.79 Å². The molecular formula is C16H17FN2O. The molecular weight excluding hydrogens is 255 g/mol. The van der Waals surface area contributed by atoms with Crippen LogP contribution in [0.5, 0.6) is 0 Å². The third-order valence-electron chi connectivity index (χ3n) is 3.07.